The molecular formula is C15H20O3. The standard InChI is InChI=1S/C15H20O3/c1-4-15(3,17)13(14(16)18-5-2)11-12-9-7-6-8-10-12/h6-11,17H,4-5H2,1-3H3/b13-11+. The molecule has 1 N–H and O–H groups in total. The Kier molecular flexibility index (Phi) is 5.10. The summed E-state index contributed by atoms with van der Waals surface area (Å²) in [6, 6.07) is 9.43. The first-order valence-electron chi connectivity index (χ1n) is 6.18. The van der Waals surface area contributed by atoms with Crippen LogP contribution < -0.4 is 0 Å². The molecule has 0 aliphatic carbocycles. The van der Waals surface area contributed by atoms with Crippen LogP contribution in [0.25, 0.3) is 6.08 Å². The summed E-state index contributed by atoms with van der Waals surface area (Å²) in [5.41, 5.74) is -0.0189. The third kappa shape index (κ3) is 3.70. The van der Waals surface area contributed by atoms with E-state index in [-0.39, 0.29) is 5.57 Å². The van der Waals surface area contributed by atoms with Crippen LogP contribution in [0.1, 0.15) is 32.8 Å². The molecular weight excluding hydrogens is 228 g/mol. The maximum atomic E-state index is 11.9. The van der Waals surface area contributed by atoms with Gasteiger partial charge in [0.05, 0.1) is 17.8 Å². The van der Waals surface area contributed by atoms with E-state index < -0.39 is 11.6 Å². The molecule has 0 amide bonds. The Morgan fingerprint density at radius 3 is 2.44 bits per heavy atom. The van der Waals surface area contributed by atoms with E-state index >= 15 is 0 Å². The topological polar surface area (TPSA) is 46.5 Å². The number of ether oxygens (including phenoxy) is 1. The van der Waals surface area contributed by atoms with Crippen LogP contribution in [0.3, 0.4) is 0 Å². The molecule has 1 unspecified atom stereocenters. The van der Waals surface area contributed by atoms with Gasteiger partial charge < -0.3 is 9.84 Å². The molecule has 1 atom stereocenters. The van der Waals surface area contributed by atoms with Gasteiger partial charge in [-0.05, 0) is 31.9 Å². The molecule has 3 heteroatoms. The Hall–Kier alpha value is -1.61. The SMILES string of the molecule is CCOC(=O)/C(=C\c1ccccc1)C(C)(O)CC. The lowest BCUT2D eigenvalue weighted by atomic mass is 9.91. The van der Waals surface area contributed by atoms with Crippen molar-refractivity contribution in [3.8, 4) is 0 Å². The first-order valence-corrected chi connectivity index (χ1v) is 6.18. The van der Waals surface area contributed by atoms with Crippen LogP contribution in [0, 0.1) is 0 Å². The number of carbonyl (C=O) groups is 1. The van der Waals surface area contributed by atoms with E-state index in [1.165, 1.54) is 0 Å². The molecule has 1 aromatic carbocycles. The van der Waals surface area contributed by atoms with Gasteiger partial charge in [-0.1, -0.05) is 37.3 Å². The van der Waals surface area contributed by atoms with Crippen molar-refractivity contribution in [2.45, 2.75) is 32.8 Å². The van der Waals surface area contributed by atoms with Gasteiger partial charge in [0, 0.05) is 0 Å². The number of carbonyl (C=O) groups excluding carboxylic acids is 1. The van der Waals surface area contributed by atoms with E-state index in [1.807, 2.05) is 37.3 Å². The number of rotatable bonds is 5. The zero-order valence-electron chi connectivity index (χ0n) is 11.1. The minimum absolute atomic E-state index is 0.290. The molecule has 3 nitrogen and oxygen atoms in total. The molecule has 0 aliphatic heterocycles. The van der Waals surface area contributed by atoms with Crippen molar-refractivity contribution in [2.24, 2.45) is 0 Å². The molecule has 98 valence electrons. The summed E-state index contributed by atoms with van der Waals surface area (Å²) in [6.45, 7) is 5.50. The van der Waals surface area contributed by atoms with Gasteiger partial charge in [0.2, 0.25) is 0 Å². The Balaban J connectivity index is 3.13. The van der Waals surface area contributed by atoms with Crippen molar-refractivity contribution in [3.05, 3.63) is 41.5 Å². The zero-order chi connectivity index (χ0) is 13.6. The highest BCUT2D eigenvalue weighted by Gasteiger charge is 2.30. The largest absolute Gasteiger partial charge is 0.463 e. The second kappa shape index (κ2) is 6.36. The minimum atomic E-state index is -1.18. The van der Waals surface area contributed by atoms with Crippen LogP contribution in [0.15, 0.2) is 35.9 Å². The van der Waals surface area contributed by atoms with E-state index in [1.54, 1.807) is 19.9 Å². The maximum absolute atomic E-state index is 11.9. The predicted molar refractivity (Wildman–Crippen MR) is 72.0 cm³/mol. The monoisotopic (exact) mass is 248 g/mol. The summed E-state index contributed by atoms with van der Waals surface area (Å²) in [4.78, 5) is 11.9. The third-order valence-corrected chi connectivity index (χ3v) is 2.87. The van der Waals surface area contributed by atoms with Gasteiger partial charge in [0.1, 0.15) is 0 Å². The molecule has 1 rings (SSSR count). The Bertz CT molecular complexity index is 419. The molecule has 0 heterocycles. The number of hydrogen-bond acceptors (Lipinski definition) is 3. The molecule has 0 radical (unpaired) electrons. The fraction of sp³-hybridized carbons (Fsp3) is 0.400. The summed E-state index contributed by atoms with van der Waals surface area (Å²) in [5, 5.41) is 10.3. The van der Waals surface area contributed by atoms with Crippen LogP contribution in [0.5, 0.6) is 0 Å². The minimum Gasteiger partial charge on any atom is -0.463 e. The Labute approximate surface area is 108 Å². The third-order valence-electron chi connectivity index (χ3n) is 2.87. The quantitative estimate of drug-likeness (QED) is 0.644. The van der Waals surface area contributed by atoms with Crippen LogP contribution in [-0.2, 0) is 9.53 Å². The van der Waals surface area contributed by atoms with Crippen LogP contribution in [0.2, 0.25) is 0 Å². The lowest BCUT2D eigenvalue weighted by molar-refractivity contribution is -0.140. The predicted octanol–water partition coefficient (Wildman–Crippen LogP) is 2.79. The highest BCUT2D eigenvalue weighted by Crippen LogP contribution is 2.24. The molecule has 18 heavy (non-hydrogen) atoms. The van der Waals surface area contributed by atoms with E-state index in [0.717, 1.165) is 5.56 Å². The Morgan fingerprint density at radius 2 is 1.94 bits per heavy atom. The zero-order valence-corrected chi connectivity index (χ0v) is 11.1. The molecule has 0 bridgehead atoms. The molecule has 1 aromatic rings. The average Bonchev–Trinajstić information content (AvgIpc) is 2.37. The van der Waals surface area contributed by atoms with E-state index in [0.29, 0.717) is 13.0 Å². The highest BCUT2D eigenvalue weighted by molar-refractivity contribution is 5.95. The smallest absolute Gasteiger partial charge is 0.336 e. The Morgan fingerprint density at radius 1 is 1.33 bits per heavy atom. The number of aliphatic hydroxyl groups is 1. The van der Waals surface area contributed by atoms with Gasteiger partial charge in [-0.15, -0.1) is 0 Å². The maximum Gasteiger partial charge on any atom is 0.336 e. The highest BCUT2D eigenvalue weighted by atomic mass is 16.5. The lowest BCUT2D eigenvalue weighted by Gasteiger charge is -2.23. The number of esters is 1. The van der Waals surface area contributed by atoms with Crippen molar-refractivity contribution in [3.63, 3.8) is 0 Å². The van der Waals surface area contributed by atoms with Crippen molar-refractivity contribution >= 4 is 12.0 Å². The van der Waals surface area contributed by atoms with E-state index in [4.69, 9.17) is 4.74 Å². The first kappa shape index (κ1) is 14.5. The summed E-state index contributed by atoms with van der Waals surface area (Å²) < 4.78 is 5.00. The fourth-order valence-corrected chi connectivity index (χ4v) is 1.55. The van der Waals surface area contributed by atoms with Gasteiger partial charge in [-0.25, -0.2) is 4.79 Å². The van der Waals surface area contributed by atoms with Gasteiger partial charge >= 0.3 is 5.97 Å². The summed E-state index contributed by atoms with van der Waals surface area (Å²) in [5.74, 6) is -0.465. The van der Waals surface area contributed by atoms with Crippen molar-refractivity contribution in [1.82, 2.24) is 0 Å². The summed E-state index contributed by atoms with van der Waals surface area (Å²) in [7, 11) is 0. The second-order valence-corrected chi connectivity index (χ2v) is 4.32. The second-order valence-electron chi connectivity index (χ2n) is 4.32. The molecule has 0 saturated heterocycles. The van der Waals surface area contributed by atoms with Crippen molar-refractivity contribution in [2.75, 3.05) is 6.61 Å². The lowest BCUT2D eigenvalue weighted by Crippen LogP contribution is -2.31. The normalized spacial score (nSPS) is 15.0. The van der Waals surface area contributed by atoms with Crippen LogP contribution in [-0.4, -0.2) is 23.3 Å². The summed E-state index contributed by atoms with van der Waals surface area (Å²) >= 11 is 0. The number of benzene rings is 1. The molecule has 0 aromatic heterocycles. The molecule has 0 fully saturated rings. The van der Waals surface area contributed by atoms with Gasteiger partial charge in [-0.3, -0.25) is 0 Å². The van der Waals surface area contributed by atoms with Crippen molar-refractivity contribution in [1.29, 1.82) is 0 Å². The first-order chi connectivity index (χ1) is 8.51. The fourth-order valence-electron chi connectivity index (χ4n) is 1.55. The van der Waals surface area contributed by atoms with Crippen LogP contribution in [0.4, 0.5) is 0 Å². The van der Waals surface area contributed by atoms with Crippen LogP contribution >= 0.6 is 0 Å². The molecule has 0 aliphatic rings. The van der Waals surface area contributed by atoms with Gasteiger partial charge in [0.15, 0.2) is 0 Å². The van der Waals surface area contributed by atoms with E-state index in [2.05, 4.69) is 0 Å². The van der Waals surface area contributed by atoms with Gasteiger partial charge in [-0.2, -0.15) is 0 Å². The molecule has 0 saturated carbocycles. The van der Waals surface area contributed by atoms with Gasteiger partial charge in [0.25, 0.3) is 0 Å². The molecule has 0 spiro atoms. The average molecular weight is 248 g/mol. The summed E-state index contributed by atoms with van der Waals surface area (Å²) in [6.07, 6.45) is 2.13. The van der Waals surface area contributed by atoms with Crippen molar-refractivity contribution < 1.29 is 14.6 Å². The number of hydrogen-bond donors (Lipinski definition) is 1. The van der Waals surface area contributed by atoms with E-state index in [9.17, 15) is 9.90 Å².